The van der Waals surface area contributed by atoms with Crippen LogP contribution in [-0.4, -0.2) is 39.1 Å². The second kappa shape index (κ2) is 7.17. The second-order valence-corrected chi connectivity index (χ2v) is 6.66. The Kier molecular flexibility index (Phi) is 4.57. The van der Waals surface area contributed by atoms with E-state index < -0.39 is 0 Å². The molecule has 7 nitrogen and oxygen atoms in total. The number of carbonyl (C=O) groups excluding carboxylic acids is 1. The molecule has 0 saturated heterocycles. The standard InChI is InChI=1S/C18H16N4O3S/c1-12-14(8-10-24-12)17-19-20-18(25-17)26-11-16(23)22-9-7-15(21-22)13-5-3-2-4-6-13/h2-6,8,10H,7,9,11H2,1H3. The van der Waals surface area contributed by atoms with Crippen LogP contribution in [0.4, 0.5) is 0 Å². The van der Waals surface area contributed by atoms with E-state index in [1.165, 1.54) is 16.8 Å². The third kappa shape index (κ3) is 3.41. The fraction of sp³-hybridized carbons (Fsp3) is 0.222. The molecule has 0 radical (unpaired) electrons. The van der Waals surface area contributed by atoms with Crippen molar-refractivity contribution >= 4 is 23.4 Å². The highest BCUT2D eigenvalue weighted by molar-refractivity contribution is 7.99. The zero-order valence-electron chi connectivity index (χ0n) is 14.1. The van der Waals surface area contributed by atoms with Crippen LogP contribution in [0.1, 0.15) is 17.7 Å². The highest BCUT2D eigenvalue weighted by Gasteiger charge is 2.22. The Balaban J connectivity index is 1.37. The minimum Gasteiger partial charge on any atom is -0.469 e. The first kappa shape index (κ1) is 16.6. The van der Waals surface area contributed by atoms with Gasteiger partial charge in [0, 0.05) is 6.42 Å². The normalized spacial score (nSPS) is 13.9. The van der Waals surface area contributed by atoms with Crippen molar-refractivity contribution in [2.45, 2.75) is 18.6 Å². The summed E-state index contributed by atoms with van der Waals surface area (Å²) in [5.41, 5.74) is 2.74. The molecule has 0 saturated carbocycles. The molecule has 1 amide bonds. The lowest BCUT2D eigenvalue weighted by Gasteiger charge is -2.09. The molecule has 0 N–H and O–H groups in total. The number of thioether (sulfide) groups is 1. The van der Waals surface area contributed by atoms with Gasteiger partial charge in [0.15, 0.2) is 0 Å². The van der Waals surface area contributed by atoms with Crippen LogP contribution >= 0.6 is 11.8 Å². The van der Waals surface area contributed by atoms with Crippen molar-refractivity contribution in [1.82, 2.24) is 15.2 Å². The van der Waals surface area contributed by atoms with Crippen molar-refractivity contribution in [1.29, 1.82) is 0 Å². The van der Waals surface area contributed by atoms with Gasteiger partial charge in [-0.1, -0.05) is 42.1 Å². The molecule has 2 aromatic heterocycles. The number of benzene rings is 1. The molecule has 3 aromatic rings. The minimum atomic E-state index is -0.0832. The number of carbonyl (C=O) groups is 1. The molecule has 0 unspecified atom stereocenters. The molecule has 8 heteroatoms. The molecule has 0 atom stereocenters. The second-order valence-electron chi connectivity index (χ2n) is 5.73. The van der Waals surface area contributed by atoms with Gasteiger partial charge in [-0.15, -0.1) is 10.2 Å². The quantitative estimate of drug-likeness (QED) is 0.642. The van der Waals surface area contributed by atoms with Crippen LogP contribution in [0, 0.1) is 6.92 Å². The largest absolute Gasteiger partial charge is 0.469 e. The van der Waals surface area contributed by atoms with Crippen LogP contribution in [0.3, 0.4) is 0 Å². The van der Waals surface area contributed by atoms with Gasteiger partial charge in [-0.05, 0) is 18.6 Å². The lowest BCUT2D eigenvalue weighted by molar-refractivity contribution is -0.127. The van der Waals surface area contributed by atoms with Crippen LogP contribution < -0.4 is 0 Å². The predicted molar refractivity (Wildman–Crippen MR) is 96.8 cm³/mol. The molecule has 4 rings (SSSR count). The van der Waals surface area contributed by atoms with Crippen molar-refractivity contribution in [2.24, 2.45) is 5.10 Å². The molecule has 26 heavy (non-hydrogen) atoms. The van der Waals surface area contributed by atoms with Gasteiger partial charge in [0.1, 0.15) is 5.76 Å². The van der Waals surface area contributed by atoms with Gasteiger partial charge in [-0.2, -0.15) is 5.10 Å². The molecule has 3 heterocycles. The van der Waals surface area contributed by atoms with Crippen molar-refractivity contribution in [2.75, 3.05) is 12.3 Å². The summed E-state index contributed by atoms with van der Waals surface area (Å²) in [5.74, 6) is 1.20. The first-order chi connectivity index (χ1) is 12.7. The molecule has 0 spiro atoms. The van der Waals surface area contributed by atoms with Gasteiger partial charge >= 0.3 is 0 Å². The van der Waals surface area contributed by atoms with Gasteiger partial charge < -0.3 is 8.83 Å². The summed E-state index contributed by atoms with van der Waals surface area (Å²) in [6.07, 6.45) is 2.33. The lowest BCUT2D eigenvalue weighted by atomic mass is 10.1. The average molecular weight is 368 g/mol. The maximum atomic E-state index is 12.4. The topological polar surface area (TPSA) is 84.7 Å². The van der Waals surface area contributed by atoms with Crippen molar-refractivity contribution in [3.05, 3.63) is 54.0 Å². The maximum Gasteiger partial charge on any atom is 0.277 e. The Morgan fingerprint density at radius 1 is 1.23 bits per heavy atom. The van der Waals surface area contributed by atoms with Crippen LogP contribution in [0.2, 0.25) is 0 Å². The van der Waals surface area contributed by atoms with Crippen LogP contribution in [-0.2, 0) is 4.79 Å². The van der Waals surface area contributed by atoms with E-state index in [0.717, 1.165) is 23.3 Å². The predicted octanol–water partition coefficient (Wildman–Crippen LogP) is 3.37. The summed E-state index contributed by atoms with van der Waals surface area (Å²) in [6, 6.07) is 11.7. The number of aromatic nitrogens is 2. The smallest absolute Gasteiger partial charge is 0.277 e. The third-order valence-electron chi connectivity index (χ3n) is 4.01. The highest BCUT2D eigenvalue weighted by Crippen LogP contribution is 2.26. The van der Waals surface area contributed by atoms with E-state index in [2.05, 4.69) is 15.3 Å². The Morgan fingerprint density at radius 2 is 2.08 bits per heavy atom. The molecule has 1 aliphatic heterocycles. The van der Waals surface area contributed by atoms with E-state index in [1.807, 2.05) is 37.3 Å². The molecule has 0 fully saturated rings. The summed E-state index contributed by atoms with van der Waals surface area (Å²) in [6.45, 7) is 2.42. The number of amides is 1. The zero-order chi connectivity index (χ0) is 17.9. The number of nitrogens with zero attached hydrogens (tertiary/aromatic N) is 4. The average Bonchev–Trinajstić information content (AvgIpc) is 3.41. The SMILES string of the molecule is Cc1occc1-c1nnc(SCC(=O)N2CCC(c3ccccc3)=N2)o1. The zero-order valence-corrected chi connectivity index (χ0v) is 14.9. The molecular formula is C18H16N4O3S. The van der Waals surface area contributed by atoms with Crippen LogP contribution in [0.15, 0.2) is 61.8 Å². The van der Waals surface area contributed by atoms with Gasteiger partial charge in [0.2, 0.25) is 0 Å². The summed E-state index contributed by atoms with van der Waals surface area (Å²) in [5, 5.41) is 14.3. The molecule has 0 aliphatic carbocycles. The lowest BCUT2D eigenvalue weighted by Crippen LogP contribution is -2.25. The van der Waals surface area contributed by atoms with Crippen molar-refractivity contribution < 1.29 is 13.6 Å². The van der Waals surface area contributed by atoms with Gasteiger partial charge in [0.25, 0.3) is 17.0 Å². The number of hydrogen-bond donors (Lipinski definition) is 0. The van der Waals surface area contributed by atoms with Gasteiger partial charge in [0.05, 0.1) is 29.8 Å². The number of rotatable bonds is 5. The maximum absolute atomic E-state index is 12.4. The number of hydrogen-bond acceptors (Lipinski definition) is 7. The van der Waals surface area contributed by atoms with Crippen molar-refractivity contribution in [3.8, 4) is 11.5 Å². The summed E-state index contributed by atoms with van der Waals surface area (Å²) >= 11 is 1.21. The van der Waals surface area contributed by atoms with Crippen LogP contribution in [0.5, 0.6) is 0 Å². The van der Waals surface area contributed by atoms with Crippen LogP contribution in [0.25, 0.3) is 11.5 Å². The van der Waals surface area contributed by atoms with E-state index in [-0.39, 0.29) is 11.7 Å². The fourth-order valence-electron chi connectivity index (χ4n) is 2.65. The summed E-state index contributed by atoms with van der Waals surface area (Å²) < 4.78 is 10.8. The Morgan fingerprint density at radius 3 is 2.85 bits per heavy atom. The number of furan rings is 1. The number of aryl methyl sites for hydroxylation is 1. The first-order valence-electron chi connectivity index (χ1n) is 8.15. The van der Waals surface area contributed by atoms with E-state index in [1.54, 1.807) is 12.3 Å². The molecule has 0 bridgehead atoms. The number of hydrazone groups is 1. The van der Waals surface area contributed by atoms with Gasteiger partial charge in [-0.3, -0.25) is 4.79 Å². The molecule has 1 aromatic carbocycles. The summed E-state index contributed by atoms with van der Waals surface area (Å²) in [7, 11) is 0. The molecule has 1 aliphatic rings. The van der Waals surface area contributed by atoms with Crippen molar-refractivity contribution in [3.63, 3.8) is 0 Å². The van der Waals surface area contributed by atoms with Gasteiger partial charge in [-0.25, -0.2) is 5.01 Å². The summed E-state index contributed by atoms with van der Waals surface area (Å²) in [4.78, 5) is 12.4. The third-order valence-corrected chi connectivity index (χ3v) is 4.81. The fourth-order valence-corrected chi connectivity index (χ4v) is 3.28. The van der Waals surface area contributed by atoms with E-state index in [0.29, 0.717) is 23.4 Å². The Hall–Kier alpha value is -2.87. The Labute approximate surface area is 154 Å². The van der Waals surface area contributed by atoms with E-state index in [4.69, 9.17) is 8.83 Å². The monoisotopic (exact) mass is 368 g/mol. The Bertz CT molecular complexity index is 948. The first-order valence-corrected chi connectivity index (χ1v) is 9.13. The highest BCUT2D eigenvalue weighted by atomic mass is 32.2. The van der Waals surface area contributed by atoms with E-state index in [9.17, 15) is 4.79 Å². The molecule has 132 valence electrons. The molecular weight excluding hydrogens is 352 g/mol. The minimum absolute atomic E-state index is 0.0832. The van der Waals surface area contributed by atoms with E-state index >= 15 is 0 Å².